The molecule has 0 aliphatic carbocycles. The van der Waals surface area contributed by atoms with Gasteiger partial charge in [0.1, 0.15) is 6.61 Å². The van der Waals surface area contributed by atoms with Gasteiger partial charge in [0.15, 0.2) is 11.5 Å². The normalized spacial score (nSPS) is 12.9. The zero-order chi connectivity index (χ0) is 16.5. The van der Waals surface area contributed by atoms with Crippen molar-refractivity contribution in [3.8, 4) is 11.5 Å². The predicted octanol–water partition coefficient (Wildman–Crippen LogP) is 1.21. The van der Waals surface area contributed by atoms with Crippen LogP contribution in [-0.2, 0) is 9.53 Å². The molecular weight excluding hydrogens is 296 g/mol. The van der Waals surface area contributed by atoms with Crippen molar-refractivity contribution in [2.45, 2.75) is 6.92 Å². The monoisotopic (exact) mass is 320 g/mol. The number of nitrogens with one attached hydrogen (secondary N) is 2. The molecule has 1 aromatic carbocycles. The summed E-state index contributed by atoms with van der Waals surface area (Å²) in [6.07, 6.45) is 1.86. The van der Waals surface area contributed by atoms with Gasteiger partial charge in [0.05, 0.1) is 18.8 Å². The average Bonchev–Trinajstić information content (AvgIpc) is 2.58. The largest absolute Gasteiger partial charge is 0.490 e. The summed E-state index contributed by atoms with van der Waals surface area (Å²) in [7, 11) is 1.66. The fraction of sp³-hybridized carbons (Fsp3) is 0.471. The summed E-state index contributed by atoms with van der Waals surface area (Å²) in [5, 5.41) is 6.05. The topological polar surface area (TPSA) is 68.8 Å². The Bertz CT molecular complexity index is 558. The molecule has 0 spiro atoms. The molecule has 0 bridgehead atoms. The van der Waals surface area contributed by atoms with Crippen molar-refractivity contribution in [1.29, 1.82) is 0 Å². The summed E-state index contributed by atoms with van der Waals surface area (Å²) in [5.41, 5.74) is 1.48. The van der Waals surface area contributed by atoms with Crippen molar-refractivity contribution in [1.82, 2.24) is 10.6 Å². The molecule has 0 atom stereocenters. The number of methoxy groups -OCH3 is 1. The summed E-state index contributed by atoms with van der Waals surface area (Å²) < 4.78 is 16.2. The minimum atomic E-state index is -0.106. The number of fused-ring (bicyclic) bond motifs is 1. The summed E-state index contributed by atoms with van der Waals surface area (Å²) in [6.45, 7) is 5.45. The van der Waals surface area contributed by atoms with Crippen LogP contribution in [0.15, 0.2) is 23.8 Å². The highest BCUT2D eigenvalue weighted by Crippen LogP contribution is 2.35. The van der Waals surface area contributed by atoms with Crippen molar-refractivity contribution in [3.05, 3.63) is 29.3 Å². The third kappa shape index (κ3) is 4.97. The van der Waals surface area contributed by atoms with Gasteiger partial charge in [0.25, 0.3) is 5.91 Å². The van der Waals surface area contributed by atoms with E-state index in [2.05, 4.69) is 10.6 Å². The first-order chi connectivity index (χ1) is 11.3. The van der Waals surface area contributed by atoms with E-state index in [4.69, 9.17) is 14.2 Å². The van der Waals surface area contributed by atoms with Crippen LogP contribution in [0.5, 0.6) is 11.5 Å². The Morgan fingerprint density at radius 1 is 1.30 bits per heavy atom. The Kier molecular flexibility index (Phi) is 6.90. The molecule has 0 aromatic heterocycles. The highest BCUT2D eigenvalue weighted by molar-refractivity contribution is 5.99. The minimum Gasteiger partial charge on any atom is -0.490 e. The molecule has 126 valence electrons. The van der Waals surface area contributed by atoms with E-state index in [9.17, 15) is 4.79 Å². The molecule has 1 aliphatic heterocycles. The zero-order valence-corrected chi connectivity index (χ0v) is 13.7. The molecule has 0 saturated heterocycles. The van der Waals surface area contributed by atoms with Gasteiger partial charge in [-0.15, -0.1) is 0 Å². The Labute approximate surface area is 136 Å². The number of carbonyl (C=O) groups is 1. The molecule has 2 N–H and O–H groups in total. The summed E-state index contributed by atoms with van der Waals surface area (Å²) in [4.78, 5) is 12.2. The number of hydrogen-bond acceptors (Lipinski definition) is 5. The molecule has 6 nitrogen and oxygen atoms in total. The number of carbonyl (C=O) groups excluding carboxylic acids is 1. The Balaban J connectivity index is 1.89. The van der Waals surface area contributed by atoms with Gasteiger partial charge in [0, 0.05) is 32.3 Å². The van der Waals surface area contributed by atoms with Gasteiger partial charge in [-0.2, -0.15) is 0 Å². The molecule has 6 heteroatoms. The molecule has 0 unspecified atom stereocenters. The van der Waals surface area contributed by atoms with Gasteiger partial charge in [0.2, 0.25) is 0 Å². The van der Waals surface area contributed by atoms with E-state index < -0.39 is 0 Å². The smallest absolute Gasteiger partial charge is 0.250 e. The number of ether oxygens (including phenoxy) is 3. The second-order valence-electron chi connectivity index (χ2n) is 5.06. The van der Waals surface area contributed by atoms with Gasteiger partial charge in [-0.1, -0.05) is 12.1 Å². The van der Waals surface area contributed by atoms with E-state index >= 15 is 0 Å². The highest BCUT2D eigenvalue weighted by Gasteiger charge is 2.19. The molecular formula is C17H24N2O4. The maximum absolute atomic E-state index is 12.2. The second-order valence-corrected chi connectivity index (χ2v) is 5.06. The fourth-order valence-corrected chi connectivity index (χ4v) is 2.26. The summed E-state index contributed by atoms with van der Waals surface area (Å²) in [5.74, 6) is 1.31. The van der Waals surface area contributed by atoms with Crippen LogP contribution in [0.25, 0.3) is 6.08 Å². The third-order valence-corrected chi connectivity index (χ3v) is 3.37. The molecule has 0 saturated carbocycles. The van der Waals surface area contributed by atoms with Crippen LogP contribution in [0.3, 0.4) is 0 Å². The molecule has 2 rings (SSSR count). The highest BCUT2D eigenvalue weighted by atomic mass is 16.5. The van der Waals surface area contributed by atoms with Gasteiger partial charge in [-0.05, 0) is 19.1 Å². The number of hydrogen-bond donors (Lipinski definition) is 2. The number of para-hydroxylation sites is 1. The van der Waals surface area contributed by atoms with E-state index in [-0.39, 0.29) is 12.5 Å². The molecule has 1 aliphatic rings. The van der Waals surface area contributed by atoms with E-state index in [1.54, 1.807) is 7.11 Å². The maximum atomic E-state index is 12.2. The first-order valence-electron chi connectivity index (χ1n) is 7.83. The van der Waals surface area contributed by atoms with Crippen molar-refractivity contribution in [3.63, 3.8) is 0 Å². The predicted molar refractivity (Wildman–Crippen MR) is 88.8 cm³/mol. The van der Waals surface area contributed by atoms with Crippen molar-refractivity contribution >= 4 is 12.0 Å². The lowest BCUT2D eigenvalue weighted by Crippen LogP contribution is -2.35. The van der Waals surface area contributed by atoms with E-state index in [1.807, 2.05) is 31.2 Å². The van der Waals surface area contributed by atoms with Crippen LogP contribution in [0.2, 0.25) is 0 Å². The number of amides is 1. The Hall–Kier alpha value is -2.05. The lowest BCUT2D eigenvalue weighted by Gasteiger charge is -2.20. The molecule has 0 fully saturated rings. The third-order valence-electron chi connectivity index (χ3n) is 3.37. The van der Waals surface area contributed by atoms with Crippen LogP contribution in [-0.4, -0.2) is 52.5 Å². The van der Waals surface area contributed by atoms with Crippen molar-refractivity contribution in [2.75, 3.05) is 46.6 Å². The summed E-state index contributed by atoms with van der Waals surface area (Å²) in [6, 6.07) is 5.67. The van der Waals surface area contributed by atoms with Gasteiger partial charge < -0.3 is 24.8 Å². The molecule has 1 heterocycles. The fourth-order valence-electron chi connectivity index (χ4n) is 2.26. The van der Waals surface area contributed by atoms with Gasteiger partial charge in [-0.3, -0.25) is 4.79 Å². The Morgan fingerprint density at radius 3 is 2.96 bits per heavy atom. The quantitative estimate of drug-likeness (QED) is 0.670. The SMILES string of the molecule is CCOc1cccc2c1OCC(C(=O)NCCNCCOC)=C2. The van der Waals surface area contributed by atoms with E-state index in [0.29, 0.717) is 43.4 Å². The standard InChI is InChI=1S/C17H24N2O4/c1-3-22-15-6-4-5-13-11-14(12-23-16(13)15)17(20)19-8-7-18-9-10-21-2/h4-6,11,18H,3,7-10,12H2,1-2H3,(H,19,20). The first kappa shape index (κ1) is 17.3. The lowest BCUT2D eigenvalue weighted by molar-refractivity contribution is -0.117. The van der Waals surface area contributed by atoms with Crippen LogP contribution in [0.1, 0.15) is 12.5 Å². The van der Waals surface area contributed by atoms with Gasteiger partial charge >= 0.3 is 0 Å². The molecule has 23 heavy (non-hydrogen) atoms. The molecule has 1 amide bonds. The second kappa shape index (κ2) is 9.17. The average molecular weight is 320 g/mol. The zero-order valence-electron chi connectivity index (χ0n) is 13.7. The van der Waals surface area contributed by atoms with Crippen molar-refractivity contribution < 1.29 is 19.0 Å². The first-order valence-corrected chi connectivity index (χ1v) is 7.83. The summed E-state index contributed by atoms with van der Waals surface area (Å²) >= 11 is 0. The lowest BCUT2D eigenvalue weighted by atomic mass is 10.1. The van der Waals surface area contributed by atoms with Crippen molar-refractivity contribution in [2.24, 2.45) is 0 Å². The molecule has 0 radical (unpaired) electrons. The van der Waals surface area contributed by atoms with Crippen LogP contribution in [0.4, 0.5) is 0 Å². The maximum Gasteiger partial charge on any atom is 0.250 e. The Morgan fingerprint density at radius 2 is 2.17 bits per heavy atom. The number of benzene rings is 1. The van der Waals surface area contributed by atoms with E-state index in [1.165, 1.54) is 0 Å². The number of rotatable bonds is 9. The van der Waals surface area contributed by atoms with E-state index in [0.717, 1.165) is 12.1 Å². The van der Waals surface area contributed by atoms with Crippen LogP contribution in [0, 0.1) is 0 Å². The minimum absolute atomic E-state index is 0.106. The van der Waals surface area contributed by atoms with Crippen LogP contribution >= 0.6 is 0 Å². The van der Waals surface area contributed by atoms with Crippen LogP contribution < -0.4 is 20.1 Å². The van der Waals surface area contributed by atoms with Gasteiger partial charge in [-0.25, -0.2) is 0 Å². The molecule has 1 aromatic rings.